The van der Waals surface area contributed by atoms with Gasteiger partial charge in [0.05, 0.1) is 12.7 Å². The average molecular weight is 284 g/mol. The normalized spacial score (nSPS) is 33.7. The van der Waals surface area contributed by atoms with Crippen LogP contribution in [0.1, 0.15) is 40.5 Å². The quantitative estimate of drug-likeness (QED) is 0.409. The first-order chi connectivity index (χ1) is 9.47. The highest BCUT2D eigenvalue weighted by Gasteiger charge is 2.39. The molecule has 0 aromatic carbocycles. The summed E-state index contributed by atoms with van der Waals surface area (Å²) in [6.45, 7) is 12.6. The van der Waals surface area contributed by atoms with E-state index in [-0.39, 0.29) is 18.4 Å². The van der Waals surface area contributed by atoms with Crippen molar-refractivity contribution in [3.8, 4) is 0 Å². The highest BCUT2D eigenvalue weighted by molar-refractivity contribution is 5.65. The minimum atomic E-state index is -0.268. The topological polar surface area (TPSA) is 44.8 Å². The van der Waals surface area contributed by atoms with E-state index in [0.29, 0.717) is 31.0 Å². The Morgan fingerprint density at radius 1 is 1.25 bits per heavy atom. The van der Waals surface area contributed by atoms with Crippen LogP contribution in [0, 0.1) is 17.8 Å². The number of carbonyl (C=O) groups is 1. The lowest BCUT2D eigenvalue weighted by atomic mass is 9.79. The number of rotatable bonds is 7. The minimum absolute atomic E-state index is 0.0884. The molecule has 2 unspecified atom stereocenters. The van der Waals surface area contributed by atoms with Gasteiger partial charge in [-0.1, -0.05) is 26.8 Å². The fraction of sp³-hybridized carbons (Fsp3) is 0.812. The second-order valence-corrected chi connectivity index (χ2v) is 5.72. The van der Waals surface area contributed by atoms with E-state index in [9.17, 15) is 4.79 Å². The first-order valence-corrected chi connectivity index (χ1v) is 7.48. The molecule has 1 aliphatic rings. The molecule has 4 nitrogen and oxygen atoms in total. The van der Waals surface area contributed by atoms with Crippen LogP contribution in [0.25, 0.3) is 0 Å². The molecular weight excluding hydrogens is 256 g/mol. The third-order valence-electron chi connectivity index (χ3n) is 4.27. The van der Waals surface area contributed by atoms with Gasteiger partial charge < -0.3 is 14.2 Å². The van der Waals surface area contributed by atoms with E-state index in [0.717, 1.165) is 12.8 Å². The molecule has 0 radical (unpaired) electrons. The van der Waals surface area contributed by atoms with Gasteiger partial charge in [-0.15, -0.1) is 6.58 Å². The van der Waals surface area contributed by atoms with Crippen molar-refractivity contribution in [2.45, 2.75) is 52.9 Å². The first kappa shape index (κ1) is 17.2. The van der Waals surface area contributed by atoms with Crippen LogP contribution in [-0.4, -0.2) is 31.6 Å². The van der Waals surface area contributed by atoms with Crippen molar-refractivity contribution in [1.29, 1.82) is 0 Å². The Hall–Kier alpha value is -0.870. The molecule has 0 saturated carbocycles. The third kappa shape index (κ3) is 4.91. The minimum Gasteiger partial charge on any atom is -0.463 e. The van der Waals surface area contributed by atoms with Gasteiger partial charge in [-0.3, -0.25) is 4.79 Å². The molecule has 0 aliphatic carbocycles. The Labute approximate surface area is 122 Å². The van der Waals surface area contributed by atoms with Crippen LogP contribution in [0.5, 0.6) is 0 Å². The SMILES string of the molecule is C=CCCCO[C@@H]1OC(COC(C)=O)[C@H](C)[C@H](C)C1C. The summed E-state index contributed by atoms with van der Waals surface area (Å²) in [5.74, 6) is 0.879. The highest BCUT2D eigenvalue weighted by atomic mass is 16.7. The maximum Gasteiger partial charge on any atom is 0.302 e. The molecule has 1 rings (SSSR count). The van der Waals surface area contributed by atoms with E-state index < -0.39 is 0 Å². The molecule has 0 amide bonds. The van der Waals surface area contributed by atoms with E-state index in [1.54, 1.807) is 0 Å². The lowest BCUT2D eigenvalue weighted by molar-refractivity contribution is -0.255. The van der Waals surface area contributed by atoms with Crippen LogP contribution in [0.15, 0.2) is 12.7 Å². The Morgan fingerprint density at radius 3 is 2.55 bits per heavy atom. The zero-order valence-electron chi connectivity index (χ0n) is 13.1. The van der Waals surface area contributed by atoms with Crippen LogP contribution >= 0.6 is 0 Å². The van der Waals surface area contributed by atoms with Crippen molar-refractivity contribution in [1.82, 2.24) is 0 Å². The van der Waals surface area contributed by atoms with Gasteiger partial charge in [0.2, 0.25) is 0 Å². The van der Waals surface area contributed by atoms with Gasteiger partial charge in [0.1, 0.15) is 6.61 Å². The summed E-state index contributed by atoms with van der Waals surface area (Å²) in [4.78, 5) is 10.9. The number of ether oxygens (including phenoxy) is 3. The van der Waals surface area contributed by atoms with Crippen LogP contribution < -0.4 is 0 Å². The van der Waals surface area contributed by atoms with Gasteiger partial charge in [0, 0.05) is 12.8 Å². The summed E-state index contributed by atoms with van der Waals surface area (Å²) < 4.78 is 16.9. The molecule has 0 bridgehead atoms. The van der Waals surface area contributed by atoms with Crippen molar-refractivity contribution in [3.63, 3.8) is 0 Å². The summed E-state index contributed by atoms with van der Waals surface area (Å²) in [6, 6.07) is 0. The smallest absolute Gasteiger partial charge is 0.302 e. The molecule has 4 heteroatoms. The molecule has 20 heavy (non-hydrogen) atoms. The maximum absolute atomic E-state index is 10.9. The number of hydrogen-bond acceptors (Lipinski definition) is 4. The second-order valence-electron chi connectivity index (χ2n) is 5.72. The van der Waals surface area contributed by atoms with Crippen molar-refractivity contribution < 1.29 is 19.0 Å². The van der Waals surface area contributed by atoms with Crippen LogP contribution in [-0.2, 0) is 19.0 Å². The molecule has 1 heterocycles. The predicted octanol–water partition coefficient (Wildman–Crippen LogP) is 3.17. The molecular formula is C16H28O4. The third-order valence-corrected chi connectivity index (χ3v) is 4.27. The van der Waals surface area contributed by atoms with Gasteiger partial charge in [-0.2, -0.15) is 0 Å². The van der Waals surface area contributed by atoms with E-state index in [2.05, 4.69) is 27.4 Å². The maximum atomic E-state index is 10.9. The van der Waals surface area contributed by atoms with Crippen molar-refractivity contribution in [2.24, 2.45) is 17.8 Å². The molecule has 0 aromatic heterocycles. The Morgan fingerprint density at radius 2 is 1.95 bits per heavy atom. The van der Waals surface area contributed by atoms with Crippen LogP contribution in [0.3, 0.4) is 0 Å². The fourth-order valence-electron chi connectivity index (χ4n) is 2.49. The zero-order chi connectivity index (χ0) is 15.1. The summed E-state index contributed by atoms with van der Waals surface area (Å²) in [5.41, 5.74) is 0. The largest absolute Gasteiger partial charge is 0.463 e. The van der Waals surface area contributed by atoms with E-state index >= 15 is 0 Å². The summed E-state index contributed by atoms with van der Waals surface area (Å²) in [6.07, 6.45) is 3.49. The van der Waals surface area contributed by atoms with Crippen LogP contribution in [0.4, 0.5) is 0 Å². The van der Waals surface area contributed by atoms with Gasteiger partial charge in [-0.05, 0) is 24.7 Å². The number of esters is 1. The summed E-state index contributed by atoms with van der Waals surface area (Å²) in [5, 5.41) is 0. The molecule has 116 valence electrons. The number of carbonyl (C=O) groups excluding carboxylic acids is 1. The predicted molar refractivity (Wildman–Crippen MR) is 78.2 cm³/mol. The number of unbranched alkanes of at least 4 members (excludes halogenated alkanes) is 1. The molecule has 0 spiro atoms. The summed E-state index contributed by atoms with van der Waals surface area (Å²) in [7, 11) is 0. The van der Waals surface area contributed by atoms with Crippen molar-refractivity contribution in [3.05, 3.63) is 12.7 Å². The molecule has 5 atom stereocenters. The molecule has 0 N–H and O–H groups in total. The lowest BCUT2D eigenvalue weighted by Crippen LogP contribution is -2.47. The molecule has 1 aliphatic heterocycles. The second kappa shape index (κ2) is 8.42. The molecule has 1 fully saturated rings. The van der Waals surface area contributed by atoms with Gasteiger partial charge in [0.25, 0.3) is 0 Å². The summed E-state index contributed by atoms with van der Waals surface area (Å²) >= 11 is 0. The van der Waals surface area contributed by atoms with E-state index in [4.69, 9.17) is 14.2 Å². The Bertz CT molecular complexity index is 316. The fourth-order valence-corrected chi connectivity index (χ4v) is 2.49. The van der Waals surface area contributed by atoms with Crippen LogP contribution in [0.2, 0.25) is 0 Å². The molecule has 1 saturated heterocycles. The standard InChI is InChI=1S/C16H28O4/c1-6-7-8-9-18-16-13(4)11(2)12(3)15(20-16)10-19-14(5)17/h6,11-13,15-16H,1,7-10H2,2-5H3/t11-,12+,13?,15?,16+/m0/s1. The van der Waals surface area contributed by atoms with Gasteiger partial charge in [-0.25, -0.2) is 0 Å². The number of hydrogen-bond donors (Lipinski definition) is 0. The van der Waals surface area contributed by atoms with Gasteiger partial charge >= 0.3 is 5.97 Å². The van der Waals surface area contributed by atoms with Crippen molar-refractivity contribution >= 4 is 5.97 Å². The highest BCUT2D eigenvalue weighted by Crippen LogP contribution is 2.35. The Kier molecular flexibility index (Phi) is 7.24. The van der Waals surface area contributed by atoms with Gasteiger partial charge in [0.15, 0.2) is 6.29 Å². The average Bonchev–Trinajstić information content (AvgIpc) is 2.41. The lowest BCUT2D eigenvalue weighted by Gasteiger charge is -2.43. The first-order valence-electron chi connectivity index (χ1n) is 7.48. The Balaban J connectivity index is 2.51. The molecule has 0 aromatic rings. The number of allylic oxidation sites excluding steroid dienone is 1. The van der Waals surface area contributed by atoms with E-state index in [1.165, 1.54) is 6.92 Å². The van der Waals surface area contributed by atoms with E-state index in [1.807, 2.05) is 6.08 Å². The zero-order valence-corrected chi connectivity index (χ0v) is 13.1. The van der Waals surface area contributed by atoms with Crippen molar-refractivity contribution in [2.75, 3.05) is 13.2 Å². The monoisotopic (exact) mass is 284 g/mol.